The zero-order valence-electron chi connectivity index (χ0n) is 23.8. The predicted octanol–water partition coefficient (Wildman–Crippen LogP) is 7.15. The van der Waals surface area contributed by atoms with Crippen LogP contribution in [-0.4, -0.2) is 19.2 Å². The summed E-state index contributed by atoms with van der Waals surface area (Å²) < 4.78 is 28.7. The molecular formula is C34H29ClN2O6. The van der Waals surface area contributed by atoms with Crippen molar-refractivity contribution in [2.75, 3.05) is 7.11 Å². The van der Waals surface area contributed by atoms with Crippen LogP contribution in [0.1, 0.15) is 46.8 Å². The molecule has 8 nitrogen and oxygen atoms in total. The average molecular weight is 597 g/mol. The van der Waals surface area contributed by atoms with E-state index in [1.54, 1.807) is 67.8 Å². The molecule has 1 heterocycles. The molecule has 0 saturated carbocycles. The highest BCUT2D eigenvalue weighted by Gasteiger charge is 2.32. The van der Waals surface area contributed by atoms with E-state index in [1.165, 1.54) is 0 Å². The summed E-state index contributed by atoms with van der Waals surface area (Å²) in [5.74, 6) is 1.20. The number of ether oxygens (including phenoxy) is 5. The molecule has 1 unspecified atom stereocenters. The van der Waals surface area contributed by atoms with Crippen LogP contribution in [0.3, 0.4) is 0 Å². The Balaban J connectivity index is 1.38. The van der Waals surface area contributed by atoms with Crippen LogP contribution in [-0.2, 0) is 6.61 Å². The summed E-state index contributed by atoms with van der Waals surface area (Å²) in [4.78, 5) is 12.8. The number of nitrogens with zero attached hydrogens (tertiary/aromatic N) is 1. The van der Waals surface area contributed by atoms with E-state index in [0.717, 1.165) is 11.1 Å². The second-order valence-electron chi connectivity index (χ2n) is 10.0. The lowest BCUT2D eigenvalue weighted by Crippen LogP contribution is -2.21. The fourth-order valence-corrected chi connectivity index (χ4v) is 4.80. The molecule has 218 valence electrons. The van der Waals surface area contributed by atoms with Gasteiger partial charge in [0.05, 0.1) is 24.7 Å². The van der Waals surface area contributed by atoms with Gasteiger partial charge in [0.25, 0.3) is 0 Å². The highest BCUT2D eigenvalue weighted by atomic mass is 35.5. The van der Waals surface area contributed by atoms with Gasteiger partial charge in [0, 0.05) is 16.7 Å². The van der Waals surface area contributed by atoms with Crippen LogP contribution in [0.5, 0.6) is 28.7 Å². The van der Waals surface area contributed by atoms with Crippen molar-refractivity contribution in [1.82, 2.24) is 0 Å². The lowest BCUT2D eigenvalue weighted by molar-refractivity contribution is 0.0734. The van der Waals surface area contributed by atoms with E-state index < -0.39 is 11.9 Å². The summed E-state index contributed by atoms with van der Waals surface area (Å²) in [5.41, 5.74) is 9.18. The van der Waals surface area contributed by atoms with Crippen molar-refractivity contribution in [1.29, 1.82) is 5.26 Å². The molecule has 0 radical (unpaired) electrons. The van der Waals surface area contributed by atoms with Gasteiger partial charge in [0.2, 0.25) is 5.88 Å². The van der Waals surface area contributed by atoms with Gasteiger partial charge in [-0.05, 0) is 79.6 Å². The van der Waals surface area contributed by atoms with E-state index in [2.05, 4.69) is 6.07 Å². The van der Waals surface area contributed by atoms with Crippen molar-refractivity contribution in [3.8, 4) is 34.8 Å². The third kappa shape index (κ3) is 6.69. The lowest BCUT2D eigenvalue weighted by atomic mass is 9.83. The monoisotopic (exact) mass is 596 g/mol. The van der Waals surface area contributed by atoms with Crippen molar-refractivity contribution in [2.24, 2.45) is 5.73 Å². The summed E-state index contributed by atoms with van der Waals surface area (Å²) in [6.45, 7) is 4.17. The zero-order valence-corrected chi connectivity index (χ0v) is 24.6. The molecule has 1 atom stereocenters. The number of rotatable bonds is 9. The van der Waals surface area contributed by atoms with Gasteiger partial charge in [-0.2, -0.15) is 5.26 Å². The van der Waals surface area contributed by atoms with Gasteiger partial charge >= 0.3 is 5.97 Å². The third-order valence-corrected chi connectivity index (χ3v) is 6.94. The molecule has 1 aliphatic heterocycles. The SMILES string of the molecule is COc1cc(C2C(C#N)=C(N)Oc3cc(OC(=O)c4ccc(OC(C)C)cc4)ccc32)ccc1OCc1ccc(Cl)cc1. The van der Waals surface area contributed by atoms with Gasteiger partial charge in [-0.15, -0.1) is 0 Å². The van der Waals surface area contributed by atoms with Crippen molar-refractivity contribution in [3.63, 3.8) is 0 Å². The van der Waals surface area contributed by atoms with Gasteiger partial charge in [-0.1, -0.05) is 35.9 Å². The molecule has 43 heavy (non-hydrogen) atoms. The topological polar surface area (TPSA) is 113 Å². The van der Waals surface area contributed by atoms with Gasteiger partial charge < -0.3 is 29.4 Å². The molecular weight excluding hydrogens is 568 g/mol. The molecule has 0 aromatic heterocycles. The minimum atomic E-state index is -0.550. The quantitative estimate of drug-likeness (QED) is 0.160. The summed E-state index contributed by atoms with van der Waals surface area (Å²) in [6, 6.07) is 26.7. The predicted molar refractivity (Wildman–Crippen MR) is 162 cm³/mol. The molecule has 4 aromatic rings. The minimum Gasteiger partial charge on any atom is -0.493 e. The van der Waals surface area contributed by atoms with Crippen LogP contribution in [0.25, 0.3) is 0 Å². The number of nitrogens with two attached hydrogens (primary N) is 1. The maximum atomic E-state index is 12.8. The molecule has 0 saturated heterocycles. The maximum Gasteiger partial charge on any atom is 0.343 e. The lowest BCUT2D eigenvalue weighted by Gasteiger charge is -2.27. The summed E-state index contributed by atoms with van der Waals surface area (Å²) in [7, 11) is 1.55. The molecule has 2 N–H and O–H groups in total. The summed E-state index contributed by atoms with van der Waals surface area (Å²) >= 11 is 5.98. The Hall–Kier alpha value is -5.13. The van der Waals surface area contributed by atoms with Gasteiger partial charge in [-0.3, -0.25) is 0 Å². The van der Waals surface area contributed by atoms with E-state index in [4.69, 9.17) is 41.0 Å². The maximum absolute atomic E-state index is 12.8. The molecule has 4 aromatic carbocycles. The Morgan fingerprint density at radius 3 is 2.37 bits per heavy atom. The van der Waals surface area contributed by atoms with E-state index >= 15 is 0 Å². The molecule has 0 amide bonds. The first kappa shape index (κ1) is 29.4. The number of hydrogen-bond acceptors (Lipinski definition) is 8. The molecule has 5 rings (SSSR count). The van der Waals surface area contributed by atoms with Crippen LogP contribution >= 0.6 is 11.6 Å². The highest BCUT2D eigenvalue weighted by molar-refractivity contribution is 6.30. The Morgan fingerprint density at radius 2 is 1.70 bits per heavy atom. The fourth-order valence-electron chi connectivity index (χ4n) is 4.67. The van der Waals surface area contributed by atoms with E-state index in [1.807, 2.05) is 38.1 Å². The first-order valence-electron chi connectivity index (χ1n) is 13.5. The molecule has 0 spiro atoms. The number of carbonyl (C=O) groups excluding carboxylic acids is 1. The second kappa shape index (κ2) is 12.8. The smallest absolute Gasteiger partial charge is 0.343 e. The minimum absolute atomic E-state index is 0.0210. The largest absolute Gasteiger partial charge is 0.493 e. The number of allylic oxidation sites excluding steroid dienone is 1. The normalized spacial score (nSPS) is 13.9. The first-order valence-corrected chi connectivity index (χ1v) is 13.9. The van der Waals surface area contributed by atoms with Crippen LogP contribution in [0.2, 0.25) is 5.02 Å². The van der Waals surface area contributed by atoms with E-state index in [0.29, 0.717) is 45.8 Å². The molecule has 0 bridgehead atoms. The van der Waals surface area contributed by atoms with Crippen molar-refractivity contribution in [2.45, 2.75) is 32.5 Å². The van der Waals surface area contributed by atoms with Crippen LogP contribution in [0.4, 0.5) is 0 Å². The number of methoxy groups -OCH3 is 1. The number of carbonyl (C=O) groups is 1. The Labute approximate surface area is 254 Å². The Bertz CT molecular complexity index is 1710. The third-order valence-electron chi connectivity index (χ3n) is 6.69. The Morgan fingerprint density at radius 1 is 0.977 bits per heavy atom. The summed E-state index contributed by atoms with van der Waals surface area (Å²) in [6.07, 6.45) is 0.0210. The van der Waals surface area contributed by atoms with Crippen molar-refractivity contribution >= 4 is 17.6 Å². The number of hydrogen-bond donors (Lipinski definition) is 1. The fraction of sp³-hybridized carbons (Fsp3) is 0.176. The standard InChI is InChI=1S/C34H29ClN2O6/c1-20(2)41-25-11-6-22(7-12-25)34(38)42-26-13-14-27-30(17-26)43-33(37)28(18-36)32(27)23-8-15-29(31(16-23)39-3)40-19-21-4-9-24(35)10-5-21/h4-17,20,32H,19,37H2,1-3H3. The average Bonchev–Trinajstić information content (AvgIpc) is 3.00. The Kier molecular flexibility index (Phi) is 8.74. The second-order valence-corrected chi connectivity index (χ2v) is 10.5. The number of esters is 1. The molecule has 9 heteroatoms. The van der Waals surface area contributed by atoms with Crippen LogP contribution < -0.4 is 29.4 Å². The highest BCUT2D eigenvalue weighted by Crippen LogP contribution is 2.45. The van der Waals surface area contributed by atoms with Gasteiger partial charge in [0.15, 0.2) is 11.5 Å². The number of nitriles is 1. The molecule has 1 aliphatic rings. The number of fused-ring (bicyclic) bond motifs is 1. The van der Waals surface area contributed by atoms with Crippen LogP contribution in [0.15, 0.2) is 96.4 Å². The summed E-state index contributed by atoms with van der Waals surface area (Å²) in [5, 5.41) is 10.6. The molecule has 0 fully saturated rings. The molecule has 0 aliphatic carbocycles. The van der Waals surface area contributed by atoms with E-state index in [9.17, 15) is 10.1 Å². The van der Waals surface area contributed by atoms with Crippen molar-refractivity contribution < 1.29 is 28.5 Å². The van der Waals surface area contributed by atoms with Crippen LogP contribution in [0, 0.1) is 11.3 Å². The van der Waals surface area contributed by atoms with Gasteiger partial charge in [-0.25, -0.2) is 4.79 Å². The number of halogens is 1. The van der Waals surface area contributed by atoms with Gasteiger partial charge in [0.1, 0.15) is 35.5 Å². The number of benzene rings is 4. The van der Waals surface area contributed by atoms with E-state index in [-0.39, 0.29) is 23.3 Å². The van der Waals surface area contributed by atoms with Crippen molar-refractivity contribution in [3.05, 3.63) is 124 Å². The first-order chi connectivity index (χ1) is 20.7. The zero-order chi connectivity index (χ0) is 30.5.